The Morgan fingerprint density at radius 1 is 1.03 bits per heavy atom. The summed E-state index contributed by atoms with van der Waals surface area (Å²) in [6.45, 7) is 0.838. The zero-order chi connectivity index (χ0) is 24.4. The van der Waals surface area contributed by atoms with Crippen molar-refractivity contribution in [1.29, 1.82) is 0 Å². The Morgan fingerprint density at radius 2 is 1.71 bits per heavy atom. The van der Waals surface area contributed by atoms with Crippen LogP contribution in [0.5, 0.6) is 0 Å². The number of hydrogen-bond donors (Lipinski definition) is 2. The van der Waals surface area contributed by atoms with Crippen molar-refractivity contribution >= 4 is 18.0 Å². The minimum absolute atomic E-state index is 0.00860. The highest BCUT2D eigenvalue weighted by atomic mass is 16.5. The fourth-order valence-electron chi connectivity index (χ4n) is 5.76. The second-order valence-corrected chi connectivity index (χ2v) is 9.60. The summed E-state index contributed by atoms with van der Waals surface area (Å²) in [6, 6.07) is 15.9. The molecule has 182 valence electrons. The van der Waals surface area contributed by atoms with Gasteiger partial charge in [-0.1, -0.05) is 60.7 Å². The van der Waals surface area contributed by atoms with Gasteiger partial charge in [0.25, 0.3) is 0 Å². The Balaban J connectivity index is 1.18. The molecular weight excluding hydrogens is 444 g/mol. The van der Waals surface area contributed by atoms with Crippen molar-refractivity contribution in [1.82, 2.24) is 10.2 Å². The highest BCUT2D eigenvalue weighted by molar-refractivity contribution is 5.81. The van der Waals surface area contributed by atoms with Gasteiger partial charge in [-0.3, -0.25) is 9.59 Å². The first-order valence-electron chi connectivity index (χ1n) is 12.3. The molecule has 5 rings (SSSR count). The van der Waals surface area contributed by atoms with Crippen molar-refractivity contribution in [3.8, 4) is 11.1 Å². The molecule has 2 N–H and O–H groups in total. The first kappa shape index (κ1) is 23.1. The Labute approximate surface area is 204 Å². The molecule has 1 fully saturated rings. The summed E-state index contributed by atoms with van der Waals surface area (Å²) in [4.78, 5) is 38.7. The number of ether oxygens (including phenoxy) is 1. The molecule has 2 amide bonds. The van der Waals surface area contributed by atoms with Gasteiger partial charge in [0.05, 0.1) is 12.5 Å². The van der Waals surface area contributed by atoms with Gasteiger partial charge in [-0.2, -0.15) is 0 Å². The number of amides is 2. The van der Waals surface area contributed by atoms with Crippen molar-refractivity contribution in [3.05, 3.63) is 71.8 Å². The van der Waals surface area contributed by atoms with E-state index in [-0.39, 0.29) is 42.9 Å². The van der Waals surface area contributed by atoms with Gasteiger partial charge < -0.3 is 20.1 Å². The lowest BCUT2D eigenvalue weighted by atomic mass is 9.89. The number of hydrogen-bond acceptors (Lipinski definition) is 4. The quantitative estimate of drug-likeness (QED) is 0.608. The lowest BCUT2D eigenvalue weighted by Crippen LogP contribution is -2.44. The number of carbonyl (C=O) groups is 3. The number of allylic oxidation sites excluding steroid dienone is 1. The Kier molecular flexibility index (Phi) is 6.57. The number of likely N-dealkylation sites (tertiary alicyclic amines) is 1. The minimum Gasteiger partial charge on any atom is -0.481 e. The smallest absolute Gasteiger partial charge is 0.407 e. The zero-order valence-electron chi connectivity index (χ0n) is 19.6. The number of rotatable bonds is 6. The van der Waals surface area contributed by atoms with Crippen LogP contribution in [-0.4, -0.2) is 53.2 Å². The number of nitrogens with zero attached hydrogens (tertiary/aromatic N) is 1. The number of alkyl carbamates (subject to hydrolysis) is 1. The van der Waals surface area contributed by atoms with Crippen LogP contribution in [0.3, 0.4) is 0 Å². The molecule has 0 radical (unpaired) electrons. The number of carboxylic acid groups (broad SMARTS) is 1. The van der Waals surface area contributed by atoms with Crippen LogP contribution in [-0.2, 0) is 14.3 Å². The Bertz CT molecular complexity index is 1110. The van der Waals surface area contributed by atoms with Crippen molar-refractivity contribution in [2.45, 2.75) is 50.1 Å². The lowest BCUT2D eigenvalue weighted by Gasteiger charge is -2.31. The standard InChI is InChI=1S/C28H30N2O5/c31-26(32)16-20-9-6-14-30(20)27(33)18-7-5-8-19(15-18)29-28(34)35-17-25-23-12-3-1-10-21(23)22-11-2-4-13-24(22)25/h1-5,8,10-13,18-20,25H,6-7,9,14-17H2,(H,29,34)(H,31,32)/t18?,19?,20-/m0/s1. The van der Waals surface area contributed by atoms with Gasteiger partial charge in [-0.25, -0.2) is 4.79 Å². The molecule has 3 atom stereocenters. The van der Waals surface area contributed by atoms with E-state index in [1.165, 1.54) is 11.1 Å². The molecule has 2 unspecified atom stereocenters. The van der Waals surface area contributed by atoms with Gasteiger partial charge in [0.15, 0.2) is 0 Å². The molecule has 3 aliphatic rings. The maximum Gasteiger partial charge on any atom is 0.407 e. The fraction of sp³-hybridized carbons (Fsp3) is 0.393. The summed E-state index contributed by atoms with van der Waals surface area (Å²) in [7, 11) is 0. The second-order valence-electron chi connectivity index (χ2n) is 9.60. The number of nitrogens with one attached hydrogen (secondary N) is 1. The summed E-state index contributed by atoms with van der Waals surface area (Å²) >= 11 is 0. The van der Waals surface area contributed by atoms with Crippen LogP contribution in [0.2, 0.25) is 0 Å². The number of fused-ring (bicyclic) bond motifs is 3. The molecule has 7 heteroatoms. The molecule has 0 bridgehead atoms. The summed E-state index contributed by atoms with van der Waals surface area (Å²) in [5.41, 5.74) is 4.67. The molecule has 2 aliphatic carbocycles. The number of carboxylic acids is 1. The third-order valence-electron chi connectivity index (χ3n) is 7.39. The van der Waals surface area contributed by atoms with E-state index in [2.05, 4.69) is 29.6 Å². The summed E-state index contributed by atoms with van der Waals surface area (Å²) < 4.78 is 5.65. The van der Waals surface area contributed by atoms with E-state index in [1.54, 1.807) is 4.90 Å². The number of carbonyl (C=O) groups excluding carboxylic acids is 2. The number of aliphatic carboxylic acids is 1. The molecule has 1 aliphatic heterocycles. The van der Waals surface area contributed by atoms with Crippen LogP contribution in [0.15, 0.2) is 60.7 Å². The van der Waals surface area contributed by atoms with Gasteiger partial charge in [0, 0.05) is 24.4 Å². The first-order valence-corrected chi connectivity index (χ1v) is 12.3. The molecule has 35 heavy (non-hydrogen) atoms. The minimum atomic E-state index is -0.881. The molecular formula is C28H30N2O5. The SMILES string of the molecule is O=C(O)C[C@@H]1CCCN1C(=O)C1CC=CC(NC(=O)OCC2c3ccccc3-c3ccccc32)C1. The maximum absolute atomic E-state index is 13.1. The van der Waals surface area contributed by atoms with E-state index in [4.69, 9.17) is 9.84 Å². The van der Waals surface area contributed by atoms with Crippen LogP contribution in [0.1, 0.15) is 49.1 Å². The average molecular weight is 475 g/mol. The molecule has 0 saturated carbocycles. The van der Waals surface area contributed by atoms with Crippen LogP contribution in [0, 0.1) is 5.92 Å². The van der Waals surface area contributed by atoms with E-state index in [9.17, 15) is 14.4 Å². The topological polar surface area (TPSA) is 95.9 Å². The fourth-order valence-corrected chi connectivity index (χ4v) is 5.76. The maximum atomic E-state index is 13.1. The average Bonchev–Trinajstić information content (AvgIpc) is 3.44. The molecule has 2 aromatic carbocycles. The van der Waals surface area contributed by atoms with Gasteiger partial charge in [0.1, 0.15) is 6.61 Å². The van der Waals surface area contributed by atoms with E-state index >= 15 is 0 Å². The molecule has 1 heterocycles. The van der Waals surface area contributed by atoms with Gasteiger partial charge in [-0.15, -0.1) is 0 Å². The predicted octanol–water partition coefficient (Wildman–Crippen LogP) is 4.33. The van der Waals surface area contributed by atoms with E-state index in [0.29, 0.717) is 19.4 Å². The van der Waals surface area contributed by atoms with Crippen LogP contribution in [0.25, 0.3) is 11.1 Å². The highest BCUT2D eigenvalue weighted by Crippen LogP contribution is 2.44. The first-order chi connectivity index (χ1) is 17.0. The Morgan fingerprint density at radius 3 is 2.40 bits per heavy atom. The van der Waals surface area contributed by atoms with E-state index in [1.807, 2.05) is 36.4 Å². The molecule has 0 aromatic heterocycles. The van der Waals surface area contributed by atoms with E-state index in [0.717, 1.165) is 24.0 Å². The normalized spacial score (nSPS) is 23.0. The summed E-state index contributed by atoms with van der Waals surface area (Å²) in [6.07, 6.45) is 5.94. The Hall–Kier alpha value is -3.61. The lowest BCUT2D eigenvalue weighted by molar-refractivity contribution is -0.141. The highest BCUT2D eigenvalue weighted by Gasteiger charge is 2.36. The molecule has 1 saturated heterocycles. The van der Waals surface area contributed by atoms with Gasteiger partial charge in [0.2, 0.25) is 5.91 Å². The largest absolute Gasteiger partial charge is 0.481 e. The van der Waals surface area contributed by atoms with Gasteiger partial charge >= 0.3 is 12.1 Å². The van der Waals surface area contributed by atoms with Crippen molar-refractivity contribution < 1.29 is 24.2 Å². The predicted molar refractivity (Wildman–Crippen MR) is 131 cm³/mol. The second kappa shape index (κ2) is 9.94. The van der Waals surface area contributed by atoms with Crippen molar-refractivity contribution in [2.24, 2.45) is 5.92 Å². The van der Waals surface area contributed by atoms with E-state index < -0.39 is 12.1 Å². The van der Waals surface area contributed by atoms with Gasteiger partial charge in [-0.05, 0) is 47.9 Å². The number of benzene rings is 2. The van der Waals surface area contributed by atoms with Crippen LogP contribution in [0.4, 0.5) is 4.79 Å². The zero-order valence-corrected chi connectivity index (χ0v) is 19.6. The van der Waals surface area contributed by atoms with Crippen molar-refractivity contribution in [3.63, 3.8) is 0 Å². The molecule has 7 nitrogen and oxygen atoms in total. The van der Waals surface area contributed by atoms with Crippen molar-refractivity contribution in [2.75, 3.05) is 13.2 Å². The monoisotopic (exact) mass is 474 g/mol. The molecule has 0 spiro atoms. The third kappa shape index (κ3) is 4.81. The summed E-state index contributed by atoms with van der Waals surface area (Å²) in [5, 5.41) is 12.0. The van der Waals surface area contributed by atoms with Crippen LogP contribution < -0.4 is 5.32 Å². The van der Waals surface area contributed by atoms with Crippen LogP contribution >= 0.6 is 0 Å². The molecule has 2 aromatic rings. The summed E-state index contributed by atoms with van der Waals surface area (Å²) in [5.74, 6) is -1.18. The third-order valence-corrected chi connectivity index (χ3v) is 7.39.